The molecule has 0 saturated carbocycles. The number of fused-ring (bicyclic) bond motifs is 1. The van der Waals surface area contributed by atoms with Crippen LogP contribution in [0.25, 0.3) is 0 Å². The number of nitrogens with one attached hydrogen (secondary N) is 2. The van der Waals surface area contributed by atoms with Gasteiger partial charge in [0.1, 0.15) is 25.0 Å². The van der Waals surface area contributed by atoms with Crippen LogP contribution in [-0.4, -0.2) is 91.3 Å². The van der Waals surface area contributed by atoms with Crippen molar-refractivity contribution in [1.82, 2.24) is 20.4 Å². The van der Waals surface area contributed by atoms with Crippen LogP contribution in [0, 0.1) is 29.9 Å². The smallest absolute Gasteiger partial charge is 0.410 e. The molecule has 2 aliphatic heterocycles. The zero-order valence-electron chi connectivity index (χ0n) is 25.0. The van der Waals surface area contributed by atoms with Crippen molar-refractivity contribution in [2.45, 2.75) is 57.1 Å². The molecule has 2 aliphatic rings. The average molecular weight is 613 g/mol. The first kappa shape index (κ1) is 32.7. The Hall–Kier alpha value is -4.21. The largest absolute Gasteiger partial charge is 0.493 e. The molecular formula is C32H38F2N4O6. The number of hydrogen-bond acceptors (Lipinski definition) is 7. The fraction of sp³-hybridized carbons (Fsp3) is 0.469. The molecule has 4 rings (SSSR count). The maximum atomic E-state index is 14.1. The summed E-state index contributed by atoms with van der Waals surface area (Å²) in [4.78, 5) is 43.5. The zero-order valence-corrected chi connectivity index (χ0v) is 25.0. The van der Waals surface area contributed by atoms with E-state index in [2.05, 4.69) is 16.6 Å². The van der Waals surface area contributed by atoms with E-state index in [0.717, 1.165) is 17.7 Å². The summed E-state index contributed by atoms with van der Waals surface area (Å²) in [6.45, 7) is 3.85. The van der Waals surface area contributed by atoms with E-state index in [1.165, 1.54) is 6.07 Å². The van der Waals surface area contributed by atoms with Crippen molar-refractivity contribution in [2.24, 2.45) is 5.92 Å². The number of carbonyl (C=O) groups excluding carboxylic acids is 3. The second-order valence-electron chi connectivity index (χ2n) is 10.9. The molecule has 2 heterocycles. The molecule has 2 aromatic carbocycles. The normalized spacial score (nSPS) is 21.1. The number of likely N-dealkylation sites (tertiary alicyclic amines) is 2. The molecule has 10 nitrogen and oxygen atoms in total. The first-order chi connectivity index (χ1) is 21.1. The summed E-state index contributed by atoms with van der Waals surface area (Å²) < 4.78 is 44.5. The predicted octanol–water partition coefficient (Wildman–Crippen LogP) is 2.71. The molecule has 0 bridgehead atoms. The summed E-state index contributed by atoms with van der Waals surface area (Å²) in [5.74, 6) is -0.749. The van der Waals surface area contributed by atoms with Gasteiger partial charge in [-0.25, -0.2) is 13.6 Å². The van der Waals surface area contributed by atoms with Crippen molar-refractivity contribution in [3.8, 4) is 18.1 Å². The van der Waals surface area contributed by atoms with Gasteiger partial charge < -0.3 is 34.6 Å². The first-order valence-corrected chi connectivity index (χ1v) is 14.5. The predicted molar refractivity (Wildman–Crippen MR) is 157 cm³/mol. The van der Waals surface area contributed by atoms with E-state index < -0.39 is 65.7 Å². The van der Waals surface area contributed by atoms with Crippen LogP contribution in [0.3, 0.4) is 0 Å². The van der Waals surface area contributed by atoms with Gasteiger partial charge in [-0.2, -0.15) is 0 Å². The quantitative estimate of drug-likeness (QED) is 0.355. The van der Waals surface area contributed by atoms with Crippen LogP contribution in [0.5, 0.6) is 5.75 Å². The number of hydrogen-bond donors (Lipinski definition) is 2. The van der Waals surface area contributed by atoms with Crippen LogP contribution in [0.15, 0.2) is 48.5 Å². The number of nitrogens with zero attached hydrogens (tertiary/aromatic N) is 2. The topological polar surface area (TPSA) is 109 Å². The van der Waals surface area contributed by atoms with Crippen molar-refractivity contribution < 1.29 is 37.4 Å². The molecular weight excluding hydrogens is 574 g/mol. The fourth-order valence-corrected chi connectivity index (χ4v) is 5.64. The van der Waals surface area contributed by atoms with Crippen molar-refractivity contribution >= 4 is 17.9 Å². The molecule has 236 valence electrons. The third kappa shape index (κ3) is 7.65. The molecule has 0 spiro atoms. The molecule has 0 aromatic heterocycles. The Kier molecular flexibility index (Phi) is 11.1. The van der Waals surface area contributed by atoms with Crippen LogP contribution in [0.4, 0.5) is 13.6 Å². The highest BCUT2D eigenvalue weighted by atomic mass is 19.2. The third-order valence-electron chi connectivity index (χ3n) is 8.10. The maximum Gasteiger partial charge on any atom is 0.410 e. The lowest BCUT2D eigenvalue weighted by Crippen LogP contribution is -2.59. The minimum Gasteiger partial charge on any atom is -0.493 e. The van der Waals surface area contributed by atoms with Gasteiger partial charge in [-0.15, -0.1) is 6.42 Å². The van der Waals surface area contributed by atoms with Gasteiger partial charge in [0.2, 0.25) is 11.8 Å². The first-order valence-electron chi connectivity index (χ1n) is 14.5. The SMILES string of the molecule is C#CCOC(C)C(NC(=O)C(C)NC)C(=O)N1CCC2C1C(COc1ccc(F)c(F)c1)CN2C(=O)OCc1ccccc1. The van der Waals surface area contributed by atoms with E-state index in [1.54, 1.807) is 30.7 Å². The Balaban J connectivity index is 1.57. The molecule has 3 amide bonds. The molecule has 12 heteroatoms. The Bertz CT molecular complexity index is 1360. The minimum atomic E-state index is -1.06. The number of carbonyl (C=O) groups is 3. The summed E-state index contributed by atoms with van der Waals surface area (Å²) in [5.41, 5.74) is 0.827. The van der Waals surface area contributed by atoms with E-state index in [-0.39, 0.29) is 32.1 Å². The van der Waals surface area contributed by atoms with Gasteiger partial charge in [-0.1, -0.05) is 36.3 Å². The Morgan fingerprint density at radius 1 is 1.09 bits per heavy atom. The van der Waals surface area contributed by atoms with Gasteiger partial charge >= 0.3 is 6.09 Å². The van der Waals surface area contributed by atoms with Crippen LogP contribution >= 0.6 is 0 Å². The summed E-state index contributed by atoms with van der Waals surface area (Å²) in [7, 11) is 1.63. The van der Waals surface area contributed by atoms with E-state index in [4.69, 9.17) is 20.6 Å². The minimum absolute atomic E-state index is 0.00937. The number of likely N-dealkylation sites (N-methyl/N-ethyl adjacent to an activating group) is 1. The second-order valence-corrected chi connectivity index (χ2v) is 10.9. The van der Waals surface area contributed by atoms with Gasteiger partial charge in [0.25, 0.3) is 0 Å². The Labute approximate surface area is 256 Å². The highest BCUT2D eigenvalue weighted by Crippen LogP contribution is 2.37. The number of terminal acetylenes is 1. The summed E-state index contributed by atoms with van der Waals surface area (Å²) >= 11 is 0. The molecule has 2 saturated heterocycles. The molecule has 0 aliphatic carbocycles. The highest BCUT2D eigenvalue weighted by molar-refractivity contribution is 5.90. The van der Waals surface area contributed by atoms with Crippen molar-refractivity contribution in [2.75, 3.05) is 33.4 Å². The molecule has 6 unspecified atom stereocenters. The molecule has 44 heavy (non-hydrogen) atoms. The zero-order chi connectivity index (χ0) is 31.8. The average Bonchev–Trinajstić information content (AvgIpc) is 3.62. The van der Waals surface area contributed by atoms with Crippen molar-refractivity contribution in [3.05, 3.63) is 65.7 Å². The van der Waals surface area contributed by atoms with Gasteiger partial charge in [0.05, 0.1) is 30.8 Å². The molecule has 0 radical (unpaired) electrons. The van der Waals surface area contributed by atoms with Crippen LogP contribution in [0.1, 0.15) is 25.8 Å². The number of rotatable bonds is 12. The monoisotopic (exact) mass is 612 g/mol. The molecule has 2 fully saturated rings. The summed E-state index contributed by atoms with van der Waals surface area (Å²) in [6, 6.07) is 9.97. The Morgan fingerprint density at radius 3 is 2.52 bits per heavy atom. The number of halogens is 2. The molecule has 2 aromatic rings. The Morgan fingerprint density at radius 2 is 1.84 bits per heavy atom. The van der Waals surface area contributed by atoms with E-state index >= 15 is 0 Å². The number of ether oxygens (including phenoxy) is 3. The van der Waals surface area contributed by atoms with Crippen LogP contribution < -0.4 is 15.4 Å². The van der Waals surface area contributed by atoms with Gasteiger partial charge in [0, 0.05) is 25.1 Å². The standard InChI is InChI=1S/C32H38F2N4O6/c1-5-15-42-21(3)28(36-30(39)20(2)35-4)31(40)37-14-13-27-29(37)23(19-43-24-11-12-25(33)26(34)16-24)17-38(27)32(41)44-18-22-9-7-6-8-10-22/h1,6-12,16,20-21,23,27-29,35H,13-15,17-19H2,2-4H3,(H,36,39). The van der Waals surface area contributed by atoms with Crippen molar-refractivity contribution in [3.63, 3.8) is 0 Å². The summed E-state index contributed by atoms with van der Waals surface area (Å²) in [5, 5.41) is 5.64. The highest BCUT2D eigenvalue weighted by Gasteiger charge is 2.53. The number of amides is 3. The lowest BCUT2D eigenvalue weighted by Gasteiger charge is -2.34. The van der Waals surface area contributed by atoms with Crippen molar-refractivity contribution in [1.29, 1.82) is 0 Å². The van der Waals surface area contributed by atoms with Crippen LogP contribution in [-0.2, 0) is 25.7 Å². The van der Waals surface area contributed by atoms with Gasteiger partial charge in [-0.05, 0) is 45.0 Å². The van der Waals surface area contributed by atoms with E-state index in [0.29, 0.717) is 13.0 Å². The lowest BCUT2D eigenvalue weighted by atomic mass is 9.99. The van der Waals surface area contributed by atoms with Gasteiger partial charge in [0.15, 0.2) is 11.6 Å². The molecule has 6 atom stereocenters. The maximum absolute atomic E-state index is 14.1. The second kappa shape index (κ2) is 15.0. The number of benzene rings is 2. The fourth-order valence-electron chi connectivity index (χ4n) is 5.64. The van der Waals surface area contributed by atoms with Gasteiger partial charge in [-0.3, -0.25) is 9.59 Å². The van der Waals surface area contributed by atoms with E-state index in [1.807, 2.05) is 30.3 Å². The van der Waals surface area contributed by atoms with Crippen LogP contribution in [0.2, 0.25) is 0 Å². The summed E-state index contributed by atoms with van der Waals surface area (Å²) in [6.07, 6.45) is 4.54. The third-order valence-corrected chi connectivity index (χ3v) is 8.10. The molecule has 2 N–H and O–H groups in total. The van der Waals surface area contributed by atoms with E-state index in [9.17, 15) is 23.2 Å². The lowest BCUT2D eigenvalue weighted by molar-refractivity contribution is -0.142.